The zero-order valence-corrected chi connectivity index (χ0v) is 10.4. The highest BCUT2D eigenvalue weighted by Crippen LogP contribution is 2.23. The summed E-state index contributed by atoms with van der Waals surface area (Å²) in [4.78, 5) is -0.193. The van der Waals surface area contributed by atoms with Gasteiger partial charge >= 0.3 is 0 Å². The number of piperazine rings is 1. The van der Waals surface area contributed by atoms with Gasteiger partial charge in [-0.2, -0.15) is 4.31 Å². The van der Waals surface area contributed by atoms with Crippen molar-refractivity contribution in [2.24, 2.45) is 0 Å². The molecule has 1 fully saturated rings. The van der Waals surface area contributed by atoms with E-state index in [9.17, 15) is 12.8 Å². The zero-order chi connectivity index (χ0) is 12.5. The van der Waals surface area contributed by atoms with E-state index < -0.39 is 15.8 Å². The fraction of sp³-hybridized carbons (Fsp3) is 0.455. The molecule has 1 N–H and O–H groups in total. The zero-order valence-electron chi connectivity index (χ0n) is 9.61. The molecule has 0 saturated carbocycles. The van der Waals surface area contributed by atoms with Gasteiger partial charge in [0.2, 0.25) is 10.0 Å². The Kier molecular flexibility index (Phi) is 3.46. The highest BCUT2D eigenvalue weighted by molar-refractivity contribution is 7.89. The van der Waals surface area contributed by atoms with Gasteiger partial charge in [-0.05, 0) is 18.6 Å². The molecule has 1 aromatic carbocycles. The summed E-state index contributed by atoms with van der Waals surface area (Å²) in [6.45, 7) is 3.59. The lowest BCUT2D eigenvalue weighted by atomic mass is 10.2. The molecule has 0 spiro atoms. The van der Waals surface area contributed by atoms with Gasteiger partial charge in [0, 0.05) is 26.2 Å². The monoisotopic (exact) mass is 258 g/mol. The molecule has 0 amide bonds. The van der Waals surface area contributed by atoms with Gasteiger partial charge in [-0.3, -0.25) is 0 Å². The van der Waals surface area contributed by atoms with E-state index in [1.54, 1.807) is 13.0 Å². The molecule has 1 aromatic rings. The molecular weight excluding hydrogens is 243 g/mol. The summed E-state index contributed by atoms with van der Waals surface area (Å²) in [5.41, 5.74) is 0.448. The largest absolute Gasteiger partial charge is 0.314 e. The van der Waals surface area contributed by atoms with Gasteiger partial charge in [0.1, 0.15) is 10.7 Å². The standard InChI is InChI=1S/C11H15FN2O2S/c1-9-3-2-4-10(12)11(9)17(15,16)14-7-5-13-6-8-14/h2-4,13H,5-8H2,1H3. The second-order valence-electron chi connectivity index (χ2n) is 4.04. The second kappa shape index (κ2) is 4.72. The van der Waals surface area contributed by atoms with Crippen LogP contribution in [0.2, 0.25) is 0 Å². The first-order chi connectivity index (χ1) is 8.03. The molecule has 0 aliphatic carbocycles. The van der Waals surface area contributed by atoms with Crippen molar-refractivity contribution in [2.75, 3.05) is 26.2 Å². The second-order valence-corrected chi connectivity index (χ2v) is 5.91. The average molecular weight is 258 g/mol. The normalized spacial score (nSPS) is 18.2. The predicted molar refractivity (Wildman–Crippen MR) is 62.8 cm³/mol. The van der Waals surface area contributed by atoms with Gasteiger partial charge < -0.3 is 5.32 Å². The van der Waals surface area contributed by atoms with Crippen LogP contribution >= 0.6 is 0 Å². The number of hydrogen-bond acceptors (Lipinski definition) is 3. The molecule has 1 heterocycles. The van der Waals surface area contributed by atoms with E-state index in [0.717, 1.165) is 0 Å². The number of nitrogens with one attached hydrogen (secondary N) is 1. The molecule has 4 nitrogen and oxygen atoms in total. The number of aryl methyl sites for hydroxylation is 1. The minimum absolute atomic E-state index is 0.193. The van der Waals surface area contributed by atoms with Crippen molar-refractivity contribution in [3.05, 3.63) is 29.6 Å². The van der Waals surface area contributed by atoms with Gasteiger partial charge in [-0.25, -0.2) is 12.8 Å². The Morgan fingerprint density at radius 3 is 2.53 bits per heavy atom. The van der Waals surface area contributed by atoms with E-state index in [1.165, 1.54) is 16.4 Å². The van der Waals surface area contributed by atoms with Crippen molar-refractivity contribution < 1.29 is 12.8 Å². The molecule has 17 heavy (non-hydrogen) atoms. The number of sulfonamides is 1. The molecule has 0 unspecified atom stereocenters. The lowest BCUT2D eigenvalue weighted by molar-refractivity contribution is 0.358. The molecule has 0 atom stereocenters. The van der Waals surface area contributed by atoms with E-state index in [2.05, 4.69) is 5.32 Å². The first-order valence-corrected chi connectivity index (χ1v) is 6.93. The van der Waals surface area contributed by atoms with Crippen molar-refractivity contribution in [1.82, 2.24) is 9.62 Å². The summed E-state index contributed by atoms with van der Waals surface area (Å²) in [7, 11) is -3.71. The maximum absolute atomic E-state index is 13.7. The molecular formula is C11H15FN2O2S. The Morgan fingerprint density at radius 1 is 1.29 bits per heavy atom. The third-order valence-electron chi connectivity index (χ3n) is 2.84. The van der Waals surface area contributed by atoms with E-state index in [1.807, 2.05) is 0 Å². The lowest BCUT2D eigenvalue weighted by Gasteiger charge is -2.27. The first-order valence-electron chi connectivity index (χ1n) is 5.49. The molecule has 1 saturated heterocycles. The predicted octanol–water partition coefficient (Wildman–Crippen LogP) is 0.728. The summed E-state index contributed by atoms with van der Waals surface area (Å²) in [5, 5.41) is 3.07. The molecule has 2 rings (SSSR count). The van der Waals surface area contributed by atoms with Gasteiger partial charge in [0.15, 0.2) is 0 Å². The van der Waals surface area contributed by atoms with Crippen LogP contribution in [0, 0.1) is 12.7 Å². The molecule has 94 valence electrons. The van der Waals surface area contributed by atoms with E-state index in [-0.39, 0.29) is 4.90 Å². The summed E-state index contributed by atoms with van der Waals surface area (Å²) in [6, 6.07) is 4.31. The van der Waals surface area contributed by atoms with Crippen LogP contribution in [0.3, 0.4) is 0 Å². The van der Waals surface area contributed by atoms with Crippen LogP contribution in [0.25, 0.3) is 0 Å². The van der Waals surface area contributed by atoms with Crippen molar-refractivity contribution in [1.29, 1.82) is 0 Å². The quantitative estimate of drug-likeness (QED) is 0.850. The van der Waals surface area contributed by atoms with Crippen LogP contribution in [0.15, 0.2) is 23.1 Å². The van der Waals surface area contributed by atoms with Crippen LogP contribution in [0.4, 0.5) is 4.39 Å². The summed E-state index contributed by atoms with van der Waals surface area (Å²) in [6.07, 6.45) is 0. The Morgan fingerprint density at radius 2 is 1.94 bits per heavy atom. The van der Waals surface area contributed by atoms with Gasteiger partial charge in [0.25, 0.3) is 0 Å². The number of rotatable bonds is 2. The Labute approximate surface area is 100 Å². The third kappa shape index (κ3) is 2.34. The minimum Gasteiger partial charge on any atom is -0.314 e. The fourth-order valence-electron chi connectivity index (χ4n) is 1.96. The highest BCUT2D eigenvalue weighted by atomic mass is 32.2. The molecule has 1 aliphatic rings. The number of benzene rings is 1. The first kappa shape index (κ1) is 12.5. The fourth-order valence-corrected chi connectivity index (χ4v) is 3.67. The molecule has 0 radical (unpaired) electrons. The Hall–Kier alpha value is -0.980. The van der Waals surface area contributed by atoms with E-state index >= 15 is 0 Å². The van der Waals surface area contributed by atoms with Gasteiger partial charge in [0.05, 0.1) is 0 Å². The smallest absolute Gasteiger partial charge is 0.246 e. The number of halogens is 1. The third-order valence-corrected chi connectivity index (χ3v) is 4.92. The van der Waals surface area contributed by atoms with Gasteiger partial charge in [-0.1, -0.05) is 12.1 Å². The van der Waals surface area contributed by atoms with Crippen molar-refractivity contribution in [3.63, 3.8) is 0 Å². The molecule has 0 aromatic heterocycles. The average Bonchev–Trinajstić information content (AvgIpc) is 2.29. The maximum atomic E-state index is 13.7. The van der Waals surface area contributed by atoms with Crippen LogP contribution in [0.5, 0.6) is 0 Å². The van der Waals surface area contributed by atoms with E-state index in [4.69, 9.17) is 0 Å². The van der Waals surface area contributed by atoms with Crippen LogP contribution < -0.4 is 5.32 Å². The lowest BCUT2D eigenvalue weighted by Crippen LogP contribution is -2.46. The Bertz CT molecular complexity index is 490. The SMILES string of the molecule is Cc1cccc(F)c1S(=O)(=O)N1CCNCC1. The highest BCUT2D eigenvalue weighted by Gasteiger charge is 2.29. The van der Waals surface area contributed by atoms with Crippen molar-refractivity contribution in [3.8, 4) is 0 Å². The molecule has 1 aliphatic heterocycles. The summed E-state index contributed by atoms with van der Waals surface area (Å²) < 4.78 is 39.6. The van der Waals surface area contributed by atoms with Crippen LogP contribution in [-0.4, -0.2) is 38.9 Å². The molecule has 6 heteroatoms. The number of nitrogens with zero attached hydrogens (tertiary/aromatic N) is 1. The minimum atomic E-state index is -3.71. The topological polar surface area (TPSA) is 49.4 Å². The Balaban J connectivity index is 2.44. The van der Waals surface area contributed by atoms with Gasteiger partial charge in [-0.15, -0.1) is 0 Å². The van der Waals surface area contributed by atoms with Crippen molar-refractivity contribution in [2.45, 2.75) is 11.8 Å². The van der Waals surface area contributed by atoms with Crippen LogP contribution in [-0.2, 0) is 10.0 Å². The summed E-state index contributed by atoms with van der Waals surface area (Å²) >= 11 is 0. The number of hydrogen-bond donors (Lipinski definition) is 1. The van der Waals surface area contributed by atoms with Crippen molar-refractivity contribution >= 4 is 10.0 Å². The van der Waals surface area contributed by atoms with E-state index in [0.29, 0.717) is 31.7 Å². The maximum Gasteiger partial charge on any atom is 0.246 e. The van der Waals surface area contributed by atoms with Crippen LogP contribution in [0.1, 0.15) is 5.56 Å². The molecule has 0 bridgehead atoms. The summed E-state index contributed by atoms with van der Waals surface area (Å²) in [5.74, 6) is -0.677.